The molecule has 4 rings (SSSR count). The van der Waals surface area contributed by atoms with E-state index in [-0.39, 0.29) is 0 Å². The minimum atomic E-state index is 0.899. The highest BCUT2D eigenvalue weighted by atomic mass is 32.1. The van der Waals surface area contributed by atoms with Gasteiger partial charge in [-0.1, -0.05) is 17.3 Å². The average Bonchev–Trinajstić information content (AvgIpc) is 2.91. The number of fused-ring (bicyclic) bond motifs is 2. The van der Waals surface area contributed by atoms with Crippen LogP contribution in [0.15, 0.2) is 40.5 Å². The summed E-state index contributed by atoms with van der Waals surface area (Å²) in [5.41, 5.74) is 3.01. The van der Waals surface area contributed by atoms with Gasteiger partial charge in [-0.2, -0.15) is 0 Å². The van der Waals surface area contributed by atoms with Crippen LogP contribution < -0.4 is 5.32 Å². The Bertz CT molecular complexity index is 805. The molecule has 0 spiro atoms. The molecule has 1 saturated heterocycles. The van der Waals surface area contributed by atoms with Gasteiger partial charge in [0.1, 0.15) is 10.8 Å². The molecule has 3 heterocycles. The zero-order valence-electron chi connectivity index (χ0n) is 13.4. The fourth-order valence-corrected chi connectivity index (χ4v) is 3.96. The van der Waals surface area contributed by atoms with E-state index in [9.17, 15) is 0 Å². The lowest BCUT2D eigenvalue weighted by atomic mass is 10.2. The van der Waals surface area contributed by atoms with Gasteiger partial charge in [0.2, 0.25) is 0 Å². The van der Waals surface area contributed by atoms with Crippen molar-refractivity contribution in [2.45, 2.75) is 0 Å². The van der Waals surface area contributed by atoms with Crippen LogP contribution in [-0.4, -0.2) is 60.3 Å². The van der Waals surface area contributed by atoms with Gasteiger partial charge in [0.05, 0.1) is 28.0 Å². The van der Waals surface area contributed by atoms with E-state index in [4.69, 9.17) is 10.2 Å². The minimum absolute atomic E-state index is 0.899. The van der Waals surface area contributed by atoms with Crippen LogP contribution in [0.2, 0.25) is 0 Å². The van der Waals surface area contributed by atoms with E-state index in [1.54, 1.807) is 11.3 Å². The van der Waals surface area contributed by atoms with E-state index < -0.39 is 0 Å². The number of rotatable bonds is 1. The third-order valence-electron chi connectivity index (χ3n) is 4.36. The molecule has 7 heteroatoms. The van der Waals surface area contributed by atoms with Crippen molar-refractivity contribution in [3.8, 4) is 0 Å². The third kappa shape index (κ3) is 2.76. The summed E-state index contributed by atoms with van der Waals surface area (Å²) in [7, 11) is 2.15. The monoisotopic (exact) mass is 341 g/mol. The predicted molar refractivity (Wildman–Crippen MR) is 98.7 cm³/mol. The lowest BCUT2D eigenvalue weighted by Crippen LogP contribution is -2.47. The van der Waals surface area contributed by atoms with Crippen molar-refractivity contribution in [3.63, 3.8) is 0 Å². The number of nitrogens with zero attached hydrogens (tertiary/aromatic N) is 4. The Morgan fingerprint density at radius 1 is 1.25 bits per heavy atom. The molecule has 0 aliphatic carbocycles. The van der Waals surface area contributed by atoms with Crippen molar-refractivity contribution >= 4 is 39.8 Å². The van der Waals surface area contributed by atoms with Gasteiger partial charge in [-0.05, 0) is 25.2 Å². The van der Waals surface area contributed by atoms with Crippen molar-refractivity contribution in [2.75, 3.05) is 38.5 Å². The summed E-state index contributed by atoms with van der Waals surface area (Å²) in [6.07, 6.45) is 1.47. The lowest BCUT2D eigenvalue weighted by molar-refractivity contribution is 0.216. The standard InChI is InChI=1S/C17H19N5OS/c1-21-6-8-22(9-7-21)16-13-10-12(11-18-23)24-17(13)20-15-5-3-2-4-14(15)19-16/h2-5,10-11,20,23H,6-9H2,1H3/b18-11-. The van der Waals surface area contributed by atoms with Gasteiger partial charge in [-0.3, -0.25) is 0 Å². The number of para-hydroxylation sites is 2. The maximum Gasteiger partial charge on any atom is 0.139 e. The lowest BCUT2D eigenvalue weighted by Gasteiger charge is -2.34. The van der Waals surface area contributed by atoms with Gasteiger partial charge < -0.3 is 20.3 Å². The summed E-state index contributed by atoms with van der Waals surface area (Å²) in [6, 6.07) is 10.1. The number of likely N-dealkylation sites (N-methyl/N-ethyl adjacent to an activating group) is 1. The van der Waals surface area contributed by atoms with Crippen molar-refractivity contribution in [1.29, 1.82) is 0 Å². The quantitative estimate of drug-likeness (QED) is 0.476. The highest BCUT2D eigenvalue weighted by molar-refractivity contribution is 7.18. The molecule has 0 saturated carbocycles. The second-order valence-electron chi connectivity index (χ2n) is 6.00. The molecule has 24 heavy (non-hydrogen) atoms. The predicted octanol–water partition coefficient (Wildman–Crippen LogP) is 2.94. The highest BCUT2D eigenvalue weighted by Gasteiger charge is 2.25. The summed E-state index contributed by atoms with van der Waals surface area (Å²) in [6.45, 7) is 3.96. The van der Waals surface area contributed by atoms with Gasteiger partial charge in [-0.25, -0.2) is 4.99 Å². The summed E-state index contributed by atoms with van der Waals surface area (Å²) in [5, 5.41) is 16.5. The normalized spacial score (nSPS) is 17.9. The molecular weight excluding hydrogens is 322 g/mol. The molecule has 2 N–H and O–H groups in total. The zero-order chi connectivity index (χ0) is 16.5. The smallest absolute Gasteiger partial charge is 0.139 e. The van der Waals surface area contributed by atoms with Gasteiger partial charge >= 0.3 is 0 Å². The summed E-state index contributed by atoms with van der Waals surface area (Å²) in [5.74, 6) is 0.990. The molecule has 0 unspecified atom stereocenters. The number of thiophene rings is 1. The highest BCUT2D eigenvalue weighted by Crippen LogP contribution is 2.39. The van der Waals surface area contributed by atoms with Crippen molar-refractivity contribution in [1.82, 2.24) is 9.80 Å². The second kappa shape index (κ2) is 6.26. The van der Waals surface area contributed by atoms with Crippen LogP contribution in [-0.2, 0) is 0 Å². The first-order chi connectivity index (χ1) is 11.7. The molecule has 0 atom stereocenters. The molecule has 2 aliphatic heterocycles. The molecular formula is C17H19N5OS. The molecule has 2 aromatic rings. The second-order valence-corrected chi connectivity index (χ2v) is 7.09. The summed E-state index contributed by atoms with van der Waals surface area (Å²) >= 11 is 1.57. The third-order valence-corrected chi connectivity index (χ3v) is 5.34. The van der Waals surface area contributed by atoms with Crippen LogP contribution >= 0.6 is 11.3 Å². The van der Waals surface area contributed by atoms with E-state index in [0.29, 0.717) is 0 Å². The van der Waals surface area contributed by atoms with Gasteiger partial charge in [0.15, 0.2) is 0 Å². The molecule has 6 nitrogen and oxygen atoms in total. The van der Waals surface area contributed by atoms with Crippen LogP contribution in [0.3, 0.4) is 0 Å². The van der Waals surface area contributed by atoms with E-state index in [0.717, 1.165) is 58.8 Å². The van der Waals surface area contributed by atoms with E-state index in [2.05, 4.69) is 27.3 Å². The van der Waals surface area contributed by atoms with Crippen molar-refractivity contribution < 1.29 is 5.21 Å². The molecule has 0 bridgehead atoms. The Morgan fingerprint density at radius 2 is 2.04 bits per heavy atom. The van der Waals surface area contributed by atoms with Crippen LogP contribution in [0.1, 0.15) is 10.4 Å². The maximum absolute atomic E-state index is 8.85. The molecule has 0 radical (unpaired) electrons. The Kier molecular flexibility index (Phi) is 3.95. The summed E-state index contributed by atoms with van der Waals surface area (Å²) < 4.78 is 0. The SMILES string of the molecule is CN1CCN(C2=Nc3ccccc3Nc3sc(/C=N\O)cc32)CC1. The number of nitrogens with one attached hydrogen (secondary N) is 1. The number of oxime groups is 1. The van der Waals surface area contributed by atoms with Crippen LogP contribution in [0, 0.1) is 0 Å². The Balaban J connectivity index is 1.81. The fraction of sp³-hybridized carbons (Fsp3) is 0.294. The van der Waals surface area contributed by atoms with Crippen LogP contribution in [0.4, 0.5) is 16.4 Å². The molecule has 2 aliphatic rings. The Morgan fingerprint density at radius 3 is 2.83 bits per heavy atom. The Labute approximate surface area is 144 Å². The minimum Gasteiger partial charge on any atom is -0.411 e. The molecule has 1 fully saturated rings. The van der Waals surface area contributed by atoms with E-state index >= 15 is 0 Å². The topological polar surface area (TPSA) is 63.5 Å². The van der Waals surface area contributed by atoms with Crippen LogP contribution in [0.25, 0.3) is 0 Å². The van der Waals surface area contributed by atoms with Crippen molar-refractivity contribution in [3.05, 3.63) is 40.8 Å². The number of anilines is 2. The van der Waals surface area contributed by atoms with E-state index in [1.165, 1.54) is 6.21 Å². The van der Waals surface area contributed by atoms with E-state index in [1.807, 2.05) is 30.3 Å². The maximum atomic E-state index is 8.85. The zero-order valence-corrected chi connectivity index (χ0v) is 14.3. The molecule has 124 valence electrons. The molecule has 1 aromatic carbocycles. The van der Waals surface area contributed by atoms with Crippen molar-refractivity contribution in [2.24, 2.45) is 10.1 Å². The largest absolute Gasteiger partial charge is 0.411 e. The van der Waals surface area contributed by atoms with Gasteiger partial charge in [0, 0.05) is 26.2 Å². The number of benzene rings is 1. The number of aliphatic imine (C=N–C) groups is 1. The first-order valence-corrected chi connectivity index (χ1v) is 8.76. The number of hydrogen-bond donors (Lipinski definition) is 2. The van der Waals surface area contributed by atoms with Gasteiger partial charge in [0.25, 0.3) is 0 Å². The number of piperazine rings is 1. The Hall–Kier alpha value is -2.38. The molecule has 0 amide bonds. The first-order valence-electron chi connectivity index (χ1n) is 7.94. The average molecular weight is 341 g/mol. The van der Waals surface area contributed by atoms with Gasteiger partial charge in [-0.15, -0.1) is 11.3 Å². The molecule has 1 aromatic heterocycles. The summed E-state index contributed by atoms with van der Waals surface area (Å²) in [4.78, 5) is 10.5. The number of amidine groups is 1. The van der Waals surface area contributed by atoms with Crippen LogP contribution in [0.5, 0.6) is 0 Å². The fourth-order valence-electron chi connectivity index (χ4n) is 3.02. The number of hydrogen-bond acceptors (Lipinski definition) is 7. The first kappa shape index (κ1) is 15.2.